The first-order valence-corrected chi connectivity index (χ1v) is 7.11. The lowest BCUT2D eigenvalue weighted by molar-refractivity contribution is 0.653. The number of hydrogen-bond acceptors (Lipinski definition) is 1. The van der Waals surface area contributed by atoms with Crippen molar-refractivity contribution in [3.8, 4) is 0 Å². The lowest BCUT2D eigenvalue weighted by Crippen LogP contribution is -2.26. The lowest BCUT2D eigenvalue weighted by Gasteiger charge is -2.27. The smallest absolute Gasteiger partial charge is 0.0334 e. The minimum absolute atomic E-state index is 0.567. The van der Waals surface area contributed by atoms with Gasteiger partial charge in [0, 0.05) is 18.2 Å². The number of fused-ring (bicyclic) bond motifs is 3. The van der Waals surface area contributed by atoms with Crippen LogP contribution >= 0.6 is 0 Å². The zero-order valence-electron chi connectivity index (χ0n) is 10.6. The van der Waals surface area contributed by atoms with E-state index in [4.69, 9.17) is 0 Å². The summed E-state index contributed by atoms with van der Waals surface area (Å²) >= 11 is 0. The topological polar surface area (TPSA) is 12.0 Å². The molecule has 0 aromatic carbocycles. The summed E-state index contributed by atoms with van der Waals surface area (Å²) in [6.07, 6.45) is 19.9. The van der Waals surface area contributed by atoms with E-state index in [9.17, 15) is 0 Å². The Morgan fingerprint density at radius 3 is 3.00 bits per heavy atom. The molecule has 4 aliphatic rings. The highest BCUT2D eigenvalue weighted by atomic mass is 14.9. The Hall–Kier alpha value is -1.50. The number of allylic oxidation sites excluding steroid dienone is 8. The van der Waals surface area contributed by atoms with Crippen molar-refractivity contribution >= 4 is 0 Å². The van der Waals surface area contributed by atoms with Gasteiger partial charge in [-0.1, -0.05) is 42.5 Å². The third-order valence-electron chi connectivity index (χ3n) is 4.58. The molecule has 1 saturated carbocycles. The van der Waals surface area contributed by atoms with Crippen molar-refractivity contribution in [2.45, 2.75) is 19.3 Å². The van der Waals surface area contributed by atoms with E-state index >= 15 is 0 Å². The minimum atomic E-state index is 0.567. The second-order valence-electron chi connectivity index (χ2n) is 5.73. The van der Waals surface area contributed by atoms with E-state index in [0.29, 0.717) is 5.92 Å². The van der Waals surface area contributed by atoms with Gasteiger partial charge in [-0.25, -0.2) is 0 Å². The summed E-state index contributed by atoms with van der Waals surface area (Å²) in [6.45, 7) is 1.02. The van der Waals surface area contributed by atoms with Gasteiger partial charge in [-0.3, -0.25) is 0 Å². The van der Waals surface area contributed by atoms with Gasteiger partial charge in [0.05, 0.1) is 0 Å². The van der Waals surface area contributed by atoms with Crippen LogP contribution in [0.5, 0.6) is 0 Å². The molecule has 0 bridgehead atoms. The number of dihydropyridines is 1. The van der Waals surface area contributed by atoms with Crippen LogP contribution < -0.4 is 5.32 Å². The van der Waals surface area contributed by atoms with Gasteiger partial charge in [-0.2, -0.15) is 0 Å². The third-order valence-corrected chi connectivity index (χ3v) is 4.58. The maximum absolute atomic E-state index is 3.64. The maximum Gasteiger partial charge on any atom is 0.0334 e. The Kier molecular flexibility index (Phi) is 2.32. The fraction of sp³-hybridized carbons (Fsp3) is 0.412. The molecular formula is C17H19N. The monoisotopic (exact) mass is 237 g/mol. The molecule has 3 atom stereocenters. The van der Waals surface area contributed by atoms with E-state index in [0.717, 1.165) is 31.2 Å². The van der Waals surface area contributed by atoms with E-state index in [2.05, 4.69) is 47.8 Å². The molecule has 1 N–H and O–H groups in total. The summed E-state index contributed by atoms with van der Waals surface area (Å²) in [7, 11) is 0. The van der Waals surface area contributed by atoms with Gasteiger partial charge in [0.15, 0.2) is 0 Å². The molecule has 0 saturated heterocycles. The van der Waals surface area contributed by atoms with Crippen LogP contribution in [0, 0.1) is 17.8 Å². The molecule has 3 unspecified atom stereocenters. The van der Waals surface area contributed by atoms with Crippen molar-refractivity contribution in [3.63, 3.8) is 0 Å². The second-order valence-corrected chi connectivity index (χ2v) is 5.73. The summed E-state index contributed by atoms with van der Waals surface area (Å²) in [6, 6.07) is 0. The normalized spacial score (nSPS) is 36.4. The molecule has 1 heteroatoms. The molecule has 18 heavy (non-hydrogen) atoms. The molecule has 1 heterocycles. The third kappa shape index (κ3) is 1.61. The van der Waals surface area contributed by atoms with Crippen LogP contribution in [0.3, 0.4) is 0 Å². The van der Waals surface area contributed by atoms with Crippen LogP contribution in [-0.4, -0.2) is 6.54 Å². The van der Waals surface area contributed by atoms with Gasteiger partial charge in [0.1, 0.15) is 0 Å². The number of hydrogen-bond donors (Lipinski definition) is 1. The number of rotatable bonds is 1. The van der Waals surface area contributed by atoms with Gasteiger partial charge in [-0.05, 0) is 42.2 Å². The molecule has 92 valence electrons. The summed E-state index contributed by atoms with van der Waals surface area (Å²) in [5, 5.41) is 3.64. The molecule has 0 amide bonds. The van der Waals surface area contributed by atoms with Crippen LogP contribution in [0.15, 0.2) is 59.4 Å². The van der Waals surface area contributed by atoms with Crippen molar-refractivity contribution in [1.82, 2.24) is 5.32 Å². The average Bonchev–Trinajstić information content (AvgIpc) is 3.19. The van der Waals surface area contributed by atoms with Crippen LogP contribution in [-0.2, 0) is 0 Å². The van der Waals surface area contributed by atoms with Crippen molar-refractivity contribution in [1.29, 1.82) is 0 Å². The van der Waals surface area contributed by atoms with Gasteiger partial charge in [0.2, 0.25) is 0 Å². The van der Waals surface area contributed by atoms with E-state index in [1.807, 2.05) is 0 Å². The van der Waals surface area contributed by atoms with E-state index < -0.39 is 0 Å². The Labute approximate surface area is 109 Å². The molecule has 0 radical (unpaired) electrons. The maximum atomic E-state index is 3.64. The molecule has 1 aliphatic heterocycles. The largest absolute Gasteiger partial charge is 0.384 e. The van der Waals surface area contributed by atoms with Crippen molar-refractivity contribution < 1.29 is 0 Å². The van der Waals surface area contributed by atoms with Gasteiger partial charge in [-0.15, -0.1) is 0 Å². The Morgan fingerprint density at radius 2 is 2.11 bits per heavy atom. The van der Waals surface area contributed by atoms with Gasteiger partial charge < -0.3 is 5.32 Å². The molecular weight excluding hydrogens is 218 g/mol. The first-order chi connectivity index (χ1) is 8.93. The van der Waals surface area contributed by atoms with Crippen LogP contribution in [0.4, 0.5) is 0 Å². The zero-order valence-corrected chi connectivity index (χ0v) is 10.6. The molecule has 0 spiro atoms. The summed E-state index contributed by atoms with van der Waals surface area (Å²) in [5.41, 5.74) is 4.74. The second kappa shape index (κ2) is 4.01. The summed E-state index contributed by atoms with van der Waals surface area (Å²) < 4.78 is 0. The molecule has 4 rings (SSSR count). The average molecular weight is 237 g/mol. The molecule has 0 aromatic rings. The Bertz CT molecular complexity index is 516. The highest BCUT2D eigenvalue weighted by Crippen LogP contribution is 2.51. The first-order valence-electron chi connectivity index (χ1n) is 7.11. The predicted molar refractivity (Wildman–Crippen MR) is 74.9 cm³/mol. The standard InChI is InChI=1S/C17H19N/c1-2-5-12(6-3-1)17-15-8-4-7-13-11-16(13)14(15)9-10-18-17/h1-5,7,9,12-13,16,18H,6,8,10-11H2. The fourth-order valence-corrected chi connectivity index (χ4v) is 3.55. The van der Waals surface area contributed by atoms with Gasteiger partial charge >= 0.3 is 0 Å². The fourth-order valence-electron chi connectivity index (χ4n) is 3.55. The molecule has 0 aromatic heterocycles. The van der Waals surface area contributed by atoms with E-state index in [1.165, 1.54) is 12.1 Å². The van der Waals surface area contributed by atoms with E-state index in [1.54, 1.807) is 11.1 Å². The SMILES string of the molecule is C1=CCC(C2=C3CC=CC4CC4C3=CCN2)C=C1. The van der Waals surface area contributed by atoms with Crippen molar-refractivity contribution in [2.75, 3.05) is 6.54 Å². The highest BCUT2D eigenvalue weighted by Gasteiger charge is 2.41. The number of nitrogens with one attached hydrogen (secondary N) is 1. The van der Waals surface area contributed by atoms with Crippen LogP contribution in [0.25, 0.3) is 0 Å². The molecule has 3 aliphatic carbocycles. The van der Waals surface area contributed by atoms with Crippen molar-refractivity contribution in [2.24, 2.45) is 17.8 Å². The first kappa shape index (κ1) is 10.4. The molecule has 1 nitrogen and oxygen atoms in total. The van der Waals surface area contributed by atoms with Crippen molar-refractivity contribution in [3.05, 3.63) is 59.4 Å². The summed E-state index contributed by atoms with van der Waals surface area (Å²) in [5.74, 6) is 2.24. The molecule has 1 fully saturated rings. The lowest BCUT2D eigenvalue weighted by atomic mass is 9.86. The zero-order chi connectivity index (χ0) is 11.9. The highest BCUT2D eigenvalue weighted by molar-refractivity contribution is 5.47. The van der Waals surface area contributed by atoms with Crippen LogP contribution in [0.2, 0.25) is 0 Å². The summed E-state index contributed by atoms with van der Waals surface area (Å²) in [4.78, 5) is 0. The predicted octanol–water partition coefficient (Wildman–Crippen LogP) is 3.50. The Balaban J connectivity index is 1.73. The van der Waals surface area contributed by atoms with Gasteiger partial charge in [0.25, 0.3) is 0 Å². The quantitative estimate of drug-likeness (QED) is 0.688. The van der Waals surface area contributed by atoms with Crippen LogP contribution in [0.1, 0.15) is 19.3 Å². The minimum Gasteiger partial charge on any atom is -0.384 e. The van der Waals surface area contributed by atoms with E-state index in [-0.39, 0.29) is 0 Å². The Morgan fingerprint density at radius 1 is 1.11 bits per heavy atom.